The van der Waals surface area contributed by atoms with Crippen LogP contribution in [0.1, 0.15) is 5.76 Å². The lowest BCUT2D eigenvalue weighted by atomic mass is 10.2. The standard InChI is InChI=1S/C21H16Cl2N2O3S/c1-27-19-9-6-15(12-17(19)23)24-21(29)25-20(26)11-8-16-7-10-18(28-16)13-2-4-14(22)5-3-13/h2-12H,1H3,(H2,24,25,26,29). The third-order valence-electron chi connectivity index (χ3n) is 3.80. The number of thiocarbonyl (C=S) groups is 1. The molecule has 0 aliphatic rings. The summed E-state index contributed by atoms with van der Waals surface area (Å²) in [4.78, 5) is 12.1. The van der Waals surface area contributed by atoms with E-state index in [1.807, 2.05) is 18.2 Å². The molecule has 0 saturated heterocycles. The van der Waals surface area contributed by atoms with Gasteiger partial charge in [0.05, 0.1) is 12.1 Å². The lowest BCUT2D eigenvalue weighted by molar-refractivity contribution is -0.115. The van der Waals surface area contributed by atoms with Crippen LogP contribution in [0.5, 0.6) is 5.75 Å². The maximum Gasteiger partial charge on any atom is 0.250 e. The van der Waals surface area contributed by atoms with E-state index < -0.39 is 5.91 Å². The van der Waals surface area contributed by atoms with Gasteiger partial charge in [-0.15, -0.1) is 0 Å². The second-order valence-corrected chi connectivity index (χ2v) is 7.09. The highest BCUT2D eigenvalue weighted by atomic mass is 35.5. The number of rotatable bonds is 5. The number of anilines is 1. The van der Waals surface area contributed by atoms with Crippen molar-refractivity contribution >= 4 is 58.2 Å². The number of halogens is 2. The minimum atomic E-state index is -0.397. The largest absolute Gasteiger partial charge is 0.495 e. The summed E-state index contributed by atoms with van der Waals surface area (Å²) in [6, 6.07) is 16.0. The van der Waals surface area contributed by atoms with E-state index in [1.165, 1.54) is 13.2 Å². The van der Waals surface area contributed by atoms with Crippen LogP contribution in [0.4, 0.5) is 5.69 Å². The first-order valence-corrected chi connectivity index (χ1v) is 9.60. The number of ether oxygens (including phenoxy) is 1. The van der Waals surface area contributed by atoms with E-state index in [0.717, 1.165) is 5.56 Å². The molecule has 0 radical (unpaired) electrons. The van der Waals surface area contributed by atoms with Crippen LogP contribution < -0.4 is 15.4 Å². The van der Waals surface area contributed by atoms with Crippen molar-refractivity contribution < 1.29 is 13.9 Å². The van der Waals surface area contributed by atoms with Crippen LogP contribution in [0.3, 0.4) is 0 Å². The van der Waals surface area contributed by atoms with Crippen LogP contribution in [-0.4, -0.2) is 18.1 Å². The lowest BCUT2D eigenvalue weighted by Crippen LogP contribution is -2.32. The van der Waals surface area contributed by atoms with Gasteiger partial charge in [0.25, 0.3) is 0 Å². The molecule has 2 N–H and O–H groups in total. The van der Waals surface area contributed by atoms with Crippen LogP contribution in [0, 0.1) is 0 Å². The molecule has 1 aromatic heterocycles. The van der Waals surface area contributed by atoms with Crippen molar-refractivity contribution in [1.29, 1.82) is 0 Å². The number of benzene rings is 2. The Labute approximate surface area is 183 Å². The van der Waals surface area contributed by atoms with Crippen molar-refractivity contribution in [1.82, 2.24) is 5.32 Å². The van der Waals surface area contributed by atoms with E-state index in [9.17, 15) is 4.79 Å². The fourth-order valence-electron chi connectivity index (χ4n) is 2.43. The molecule has 0 saturated carbocycles. The molecular weight excluding hydrogens is 431 g/mol. The number of hydrogen-bond acceptors (Lipinski definition) is 4. The monoisotopic (exact) mass is 446 g/mol. The summed E-state index contributed by atoms with van der Waals surface area (Å²) in [5, 5.41) is 6.66. The zero-order valence-electron chi connectivity index (χ0n) is 15.2. The molecule has 0 spiro atoms. The Bertz CT molecular complexity index is 1060. The summed E-state index contributed by atoms with van der Waals surface area (Å²) in [7, 11) is 1.53. The Hall–Kier alpha value is -2.80. The van der Waals surface area contributed by atoms with E-state index in [0.29, 0.717) is 33.0 Å². The molecule has 1 heterocycles. The Morgan fingerprint density at radius 3 is 2.55 bits per heavy atom. The number of carbonyl (C=O) groups excluding carboxylic acids is 1. The van der Waals surface area contributed by atoms with Gasteiger partial charge in [-0.25, -0.2) is 0 Å². The molecule has 1 amide bonds. The van der Waals surface area contributed by atoms with Gasteiger partial charge in [0.1, 0.15) is 17.3 Å². The van der Waals surface area contributed by atoms with Gasteiger partial charge in [-0.1, -0.05) is 23.2 Å². The number of amides is 1. The number of hydrogen-bond donors (Lipinski definition) is 2. The molecular formula is C21H16Cl2N2O3S. The van der Waals surface area contributed by atoms with Gasteiger partial charge in [0.2, 0.25) is 5.91 Å². The Morgan fingerprint density at radius 1 is 1.10 bits per heavy atom. The van der Waals surface area contributed by atoms with Gasteiger partial charge < -0.3 is 14.5 Å². The number of methoxy groups -OCH3 is 1. The minimum absolute atomic E-state index is 0.141. The molecule has 3 rings (SSSR count). The van der Waals surface area contributed by atoms with E-state index >= 15 is 0 Å². The van der Waals surface area contributed by atoms with Crippen LogP contribution in [0.15, 0.2) is 65.1 Å². The van der Waals surface area contributed by atoms with E-state index in [-0.39, 0.29) is 5.11 Å². The predicted molar refractivity (Wildman–Crippen MR) is 121 cm³/mol. The molecule has 3 aromatic rings. The molecule has 0 fully saturated rings. The maximum absolute atomic E-state index is 12.1. The van der Waals surface area contributed by atoms with Crippen molar-refractivity contribution in [2.45, 2.75) is 0 Å². The quantitative estimate of drug-likeness (QED) is 0.383. The molecule has 0 unspecified atom stereocenters. The summed E-state index contributed by atoms with van der Waals surface area (Å²) >= 11 is 17.1. The lowest BCUT2D eigenvalue weighted by Gasteiger charge is -2.10. The van der Waals surface area contributed by atoms with Gasteiger partial charge in [-0.3, -0.25) is 10.1 Å². The highest BCUT2D eigenvalue weighted by Crippen LogP contribution is 2.27. The van der Waals surface area contributed by atoms with Crippen molar-refractivity contribution in [2.75, 3.05) is 12.4 Å². The summed E-state index contributed by atoms with van der Waals surface area (Å²) in [6.45, 7) is 0. The summed E-state index contributed by atoms with van der Waals surface area (Å²) in [5.74, 6) is 1.36. The van der Waals surface area contributed by atoms with Crippen LogP contribution in [-0.2, 0) is 4.79 Å². The molecule has 8 heteroatoms. The summed E-state index contributed by atoms with van der Waals surface area (Å²) in [5.41, 5.74) is 1.52. The predicted octanol–water partition coefficient (Wildman–Crippen LogP) is 5.79. The van der Waals surface area contributed by atoms with Crippen LogP contribution >= 0.6 is 35.4 Å². The van der Waals surface area contributed by atoms with Gasteiger partial charge in [-0.2, -0.15) is 0 Å². The molecule has 29 heavy (non-hydrogen) atoms. The van der Waals surface area contributed by atoms with E-state index in [1.54, 1.807) is 42.5 Å². The Morgan fingerprint density at radius 2 is 1.86 bits per heavy atom. The van der Waals surface area contributed by atoms with E-state index in [4.69, 9.17) is 44.6 Å². The Kier molecular flexibility index (Phi) is 6.93. The molecule has 0 aliphatic carbocycles. The second kappa shape index (κ2) is 9.60. The average molecular weight is 447 g/mol. The maximum atomic E-state index is 12.1. The number of furan rings is 1. The summed E-state index contributed by atoms with van der Waals surface area (Å²) < 4.78 is 10.8. The van der Waals surface area contributed by atoms with Crippen molar-refractivity contribution in [3.8, 4) is 17.1 Å². The molecule has 5 nitrogen and oxygen atoms in total. The number of carbonyl (C=O) groups is 1. The van der Waals surface area contributed by atoms with Crippen LogP contribution in [0.2, 0.25) is 10.0 Å². The zero-order valence-corrected chi connectivity index (χ0v) is 17.6. The SMILES string of the molecule is COc1ccc(NC(=S)NC(=O)C=Cc2ccc(-c3ccc(Cl)cc3)o2)cc1Cl. The van der Waals surface area contributed by atoms with Crippen molar-refractivity contribution in [3.05, 3.63) is 76.5 Å². The molecule has 2 aromatic carbocycles. The molecule has 0 bridgehead atoms. The van der Waals surface area contributed by atoms with Crippen LogP contribution in [0.25, 0.3) is 17.4 Å². The second-order valence-electron chi connectivity index (χ2n) is 5.83. The topological polar surface area (TPSA) is 63.5 Å². The first-order valence-electron chi connectivity index (χ1n) is 8.44. The highest BCUT2D eigenvalue weighted by molar-refractivity contribution is 7.80. The van der Waals surface area contributed by atoms with Gasteiger partial charge in [-0.05, 0) is 72.9 Å². The van der Waals surface area contributed by atoms with Gasteiger partial charge >= 0.3 is 0 Å². The highest BCUT2D eigenvalue weighted by Gasteiger charge is 2.06. The van der Waals surface area contributed by atoms with Gasteiger partial charge in [0, 0.05) is 22.3 Å². The fourth-order valence-corrected chi connectivity index (χ4v) is 3.03. The number of nitrogens with one attached hydrogen (secondary N) is 2. The van der Waals surface area contributed by atoms with Gasteiger partial charge in [0.15, 0.2) is 5.11 Å². The third-order valence-corrected chi connectivity index (χ3v) is 4.55. The minimum Gasteiger partial charge on any atom is -0.495 e. The van der Waals surface area contributed by atoms with Crippen molar-refractivity contribution in [3.63, 3.8) is 0 Å². The molecule has 0 aliphatic heterocycles. The molecule has 0 atom stereocenters. The average Bonchev–Trinajstić information content (AvgIpc) is 3.16. The smallest absolute Gasteiger partial charge is 0.250 e. The third kappa shape index (κ3) is 5.84. The first-order chi connectivity index (χ1) is 13.9. The summed E-state index contributed by atoms with van der Waals surface area (Å²) in [6.07, 6.45) is 2.89. The van der Waals surface area contributed by atoms with Crippen molar-refractivity contribution in [2.24, 2.45) is 0 Å². The Balaban J connectivity index is 1.56. The first kappa shape index (κ1) is 20.9. The molecule has 148 valence electrons. The zero-order chi connectivity index (χ0) is 20.8. The normalized spacial score (nSPS) is 10.7. The van der Waals surface area contributed by atoms with E-state index in [2.05, 4.69) is 10.6 Å². The fraction of sp³-hybridized carbons (Fsp3) is 0.0476.